The van der Waals surface area contributed by atoms with Gasteiger partial charge in [0.05, 0.1) is 25.2 Å². The van der Waals surface area contributed by atoms with E-state index in [1.807, 2.05) is 6.92 Å². The lowest BCUT2D eigenvalue weighted by molar-refractivity contribution is -0.115. The maximum atomic E-state index is 12.1. The van der Waals surface area contributed by atoms with E-state index in [9.17, 15) is 4.79 Å². The standard InChI is InChI=1S/C15H23NO3S/c1-5-6-9-20-11(2)15(17)16-13-8-7-12(18-3)10-14(13)19-4/h7-8,10-11H,5-6,9H2,1-4H3,(H,16,17). The average molecular weight is 297 g/mol. The van der Waals surface area contributed by atoms with Crippen molar-refractivity contribution in [1.82, 2.24) is 0 Å². The highest BCUT2D eigenvalue weighted by Gasteiger charge is 2.15. The van der Waals surface area contributed by atoms with Gasteiger partial charge in [-0.3, -0.25) is 4.79 Å². The summed E-state index contributed by atoms with van der Waals surface area (Å²) in [5.41, 5.74) is 0.668. The monoisotopic (exact) mass is 297 g/mol. The number of anilines is 1. The first-order chi connectivity index (χ1) is 9.62. The van der Waals surface area contributed by atoms with Crippen LogP contribution >= 0.6 is 11.8 Å². The fraction of sp³-hybridized carbons (Fsp3) is 0.533. The van der Waals surface area contributed by atoms with E-state index in [0.29, 0.717) is 17.2 Å². The van der Waals surface area contributed by atoms with Gasteiger partial charge in [-0.15, -0.1) is 11.8 Å². The molecule has 1 aromatic rings. The summed E-state index contributed by atoms with van der Waals surface area (Å²) in [6, 6.07) is 5.34. The van der Waals surface area contributed by atoms with Crippen molar-refractivity contribution in [3.05, 3.63) is 18.2 Å². The Balaban J connectivity index is 2.65. The molecule has 1 rings (SSSR count). The zero-order valence-electron chi connectivity index (χ0n) is 12.6. The van der Waals surface area contributed by atoms with Crippen LogP contribution in [0.4, 0.5) is 5.69 Å². The minimum Gasteiger partial charge on any atom is -0.497 e. The van der Waals surface area contributed by atoms with Gasteiger partial charge in [-0.05, 0) is 31.2 Å². The fourth-order valence-electron chi connectivity index (χ4n) is 1.62. The zero-order chi connectivity index (χ0) is 15.0. The molecule has 0 bridgehead atoms. The van der Waals surface area contributed by atoms with Crippen molar-refractivity contribution < 1.29 is 14.3 Å². The van der Waals surface area contributed by atoms with E-state index in [-0.39, 0.29) is 11.2 Å². The molecule has 0 aliphatic heterocycles. The van der Waals surface area contributed by atoms with Crippen LogP contribution in [0, 0.1) is 0 Å². The second-order valence-electron chi connectivity index (χ2n) is 4.42. The van der Waals surface area contributed by atoms with E-state index < -0.39 is 0 Å². The van der Waals surface area contributed by atoms with Crippen molar-refractivity contribution in [1.29, 1.82) is 0 Å². The van der Waals surface area contributed by atoms with Gasteiger partial charge >= 0.3 is 0 Å². The Kier molecular flexibility index (Phi) is 7.30. The van der Waals surface area contributed by atoms with Crippen LogP contribution in [0.25, 0.3) is 0 Å². The Bertz CT molecular complexity index is 437. The number of methoxy groups -OCH3 is 2. The first-order valence-corrected chi connectivity index (χ1v) is 7.81. The number of rotatable bonds is 8. The third-order valence-corrected chi connectivity index (χ3v) is 4.14. The summed E-state index contributed by atoms with van der Waals surface area (Å²) < 4.78 is 10.4. The molecule has 5 heteroatoms. The number of carbonyl (C=O) groups excluding carboxylic acids is 1. The van der Waals surface area contributed by atoms with E-state index in [4.69, 9.17) is 9.47 Å². The molecule has 0 saturated heterocycles. The number of amides is 1. The van der Waals surface area contributed by atoms with Gasteiger partial charge in [-0.25, -0.2) is 0 Å². The topological polar surface area (TPSA) is 47.6 Å². The third kappa shape index (κ3) is 4.96. The average Bonchev–Trinajstić information content (AvgIpc) is 2.47. The molecule has 1 unspecified atom stereocenters. The molecule has 112 valence electrons. The summed E-state index contributed by atoms with van der Waals surface area (Å²) in [7, 11) is 3.17. The highest BCUT2D eigenvalue weighted by atomic mass is 32.2. The van der Waals surface area contributed by atoms with Gasteiger partial charge in [-0.2, -0.15) is 0 Å². The summed E-state index contributed by atoms with van der Waals surface area (Å²) in [6.07, 6.45) is 2.28. The highest BCUT2D eigenvalue weighted by molar-refractivity contribution is 8.00. The molecule has 1 N–H and O–H groups in total. The Morgan fingerprint density at radius 2 is 2.10 bits per heavy atom. The van der Waals surface area contributed by atoms with E-state index in [1.165, 1.54) is 0 Å². The van der Waals surface area contributed by atoms with Crippen LogP contribution in [0.15, 0.2) is 18.2 Å². The molecule has 0 fully saturated rings. The van der Waals surface area contributed by atoms with Crippen LogP contribution in [0.3, 0.4) is 0 Å². The molecule has 0 spiro atoms. The molecule has 0 aliphatic rings. The van der Waals surface area contributed by atoms with Crippen LogP contribution in [-0.4, -0.2) is 31.1 Å². The van der Waals surface area contributed by atoms with Gasteiger partial charge in [0.2, 0.25) is 5.91 Å². The van der Waals surface area contributed by atoms with Crippen molar-refractivity contribution in [2.24, 2.45) is 0 Å². The number of unbranched alkanes of at least 4 members (excludes halogenated alkanes) is 1. The molecule has 20 heavy (non-hydrogen) atoms. The Labute approximate surface area is 125 Å². The number of thioether (sulfide) groups is 1. The number of hydrogen-bond donors (Lipinski definition) is 1. The smallest absolute Gasteiger partial charge is 0.237 e. The number of nitrogens with one attached hydrogen (secondary N) is 1. The number of ether oxygens (including phenoxy) is 2. The van der Waals surface area contributed by atoms with Crippen molar-refractivity contribution in [2.75, 3.05) is 25.3 Å². The first-order valence-electron chi connectivity index (χ1n) is 6.76. The second kappa shape index (κ2) is 8.74. The lowest BCUT2D eigenvalue weighted by Crippen LogP contribution is -2.23. The number of carbonyl (C=O) groups is 1. The summed E-state index contributed by atoms with van der Waals surface area (Å²) in [5.74, 6) is 2.30. The molecule has 1 aromatic carbocycles. The Morgan fingerprint density at radius 1 is 1.35 bits per heavy atom. The van der Waals surface area contributed by atoms with Gasteiger partial charge in [0.25, 0.3) is 0 Å². The second-order valence-corrected chi connectivity index (χ2v) is 5.87. The first kappa shape index (κ1) is 16.7. The van der Waals surface area contributed by atoms with E-state index >= 15 is 0 Å². The SMILES string of the molecule is CCCCSC(C)C(=O)Nc1ccc(OC)cc1OC. The molecule has 0 aliphatic carbocycles. The van der Waals surface area contributed by atoms with Crippen molar-refractivity contribution in [3.63, 3.8) is 0 Å². The molecule has 4 nitrogen and oxygen atoms in total. The zero-order valence-corrected chi connectivity index (χ0v) is 13.4. The van der Waals surface area contributed by atoms with Crippen LogP contribution in [-0.2, 0) is 4.79 Å². The molecule has 0 saturated carbocycles. The number of benzene rings is 1. The lowest BCUT2D eigenvalue weighted by atomic mass is 10.2. The van der Waals surface area contributed by atoms with Crippen molar-refractivity contribution >= 4 is 23.4 Å². The molecule has 1 amide bonds. The number of hydrogen-bond acceptors (Lipinski definition) is 4. The summed E-state index contributed by atoms with van der Waals surface area (Å²) in [4.78, 5) is 12.1. The van der Waals surface area contributed by atoms with Gasteiger partial charge in [0.1, 0.15) is 11.5 Å². The van der Waals surface area contributed by atoms with Crippen LogP contribution in [0.2, 0.25) is 0 Å². The quantitative estimate of drug-likeness (QED) is 0.745. The van der Waals surface area contributed by atoms with E-state index in [2.05, 4.69) is 12.2 Å². The van der Waals surface area contributed by atoms with Crippen molar-refractivity contribution in [2.45, 2.75) is 31.9 Å². The molecule has 0 heterocycles. The van der Waals surface area contributed by atoms with Gasteiger partial charge in [0, 0.05) is 6.07 Å². The van der Waals surface area contributed by atoms with Gasteiger partial charge in [0.15, 0.2) is 0 Å². The normalized spacial score (nSPS) is 11.8. The van der Waals surface area contributed by atoms with E-state index in [1.54, 1.807) is 44.2 Å². The third-order valence-electron chi connectivity index (χ3n) is 2.90. The van der Waals surface area contributed by atoms with Crippen LogP contribution in [0.5, 0.6) is 11.5 Å². The molecule has 0 aromatic heterocycles. The predicted octanol–water partition coefficient (Wildman–Crippen LogP) is 3.56. The molecule has 1 atom stereocenters. The lowest BCUT2D eigenvalue weighted by Gasteiger charge is -2.14. The Morgan fingerprint density at radius 3 is 2.70 bits per heavy atom. The largest absolute Gasteiger partial charge is 0.497 e. The fourth-order valence-corrected chi connectivity index (χ4v) is 2.64. The van der Waals surface area contributed by atoms with Crippen molar-refractivity contribution in [3.8, 4) is 11.5 Å². The highest BCUT2D eigenvalue weighted by Crippen LogP contribution is 2.29. The van der Waals surface area contributed by atoms with Gasteiger partial charge in [-0.1, -0.05) is 13.3 Å². The summed E-state index contributed by atoms with van der Waals surface area (Å²) in [5, 5.41) is 2.82. The van der Waals surface area contributed by atoms with Gasteiger partial charge < -0.3 is 14.8 Å². The maximum Gasteiger partial charge on any atom is 0.237 e. The Hall–Kier alpha value is -1.36. The molecular weight excluding hydrogens is 274 g/mol. The molecule has 0 radical (unpaired) electrons. The summed E-state index contributed by atoms with van der Waals surface area (Å²) >= 11 is 1.67. The predicted molar refractivity (Wildman–Crippen MR) is 85.0 cm³/mol. The minimum atomic E-state index is -0.0756. The maximum absolute atomic E-state index is 12.1. The minimum absolute atomic E-state index is 0.00503. The molecular formula is C15H23NO3S. The van der Waals surface area contributed by atoms with E-state index in [0.717, 1.165) is 18.6 Å². The van der Waals surface area contributed by atoms with Crippen LogP contribution < -0.4 is 14.8 Å². The van der Waals surface area contributed by atoms with Crippen LogP contribution in [0.1, 0.15) is 26.7 Å². The summed E-state index contributed by atoms with van der Waals surface area (Å²) in [6.45, 7) is 4.07.